The zero-order valence-electron chi connectivity index (χ0n) is 23.4. The quantitative estimate of drug-likeness (QED) is 0.488. The van der Waals surface area contributed by atoms with Crippen LogP contribution in [0.15, 0.2) is 12.5 Å². The first kappa shape index (κ1) is 29.8. The van der Waals surface area contributed by atoms with Crippen LogP contribution in [0.4, 0.5) is 10.6 Å². The Morgan fingerprint density at radius 1 is 1.03 bits per heavy atom. The van der Waals surface area contributed by atoms with Crippen molar-refractivity contribution in [3.05, 3.63) is 18.1 Å². The maximum atomic E-state index is 12.3. The minimum atomic E-state index is -1.50. The summed E-state index contributed by atoms with van der Waals surface area (Å²) in [6.07, 6.45) is 9.29. The van der Waals surface area contributed by atoms with Gasteiger partial charge in [-0.2, -0.15) is 0 Å². The maximum absolute atomic E-state index is 12.3. The monoisotopic (exact) mass is 505 g/mol. The van der Waals surface area contributed by atoms with Gasteiger partial charge in [-0.25, -0.2) is 14.8 Å². The Morgan fingerprint density at radius 3 is 2.17 bits per heavy atom. The molecule has 36 heavy (non-hydrogen) atoms. The van der Waals surface area contributed by atoms with E-state index >= 15 is 0 Å². The van der Waals surface area contributed by atoms with Crippen LogP contribution in [-0.2, 0) is 4.74 Å². The topological polar surface area (TPSA) is 127 Å². The molecule has 2 atom stereocenters. The summed E-state index contributed by atoms with van der Waals surface area (Å²) in [5, 5.41) is 17.1. The van der Waals surface area contributed by atoms with Gasteiger partial charge >= 0.3 is 6.09 Å². The zero-order chi connectivity index (χ0) is 27.3. The van der Waals surface area contributed by atoms with Crippen molar-refractivity contribution in [3.8, 4) is 0 Å². The fraction of sp³-hybridized carbons (Fsp3) is 0.741. The van der Waals surface area contributed by atoms with Crippen molar-refractivity contribution in [1.82, 2.24) is 19.4 Å². The molecule has 204 valence electrons. The molecule has 1 amide bonds. The highest BCUT2D eigenvalue weighted by molar-refractivity contribution is 5.89. The number of nitrogen functional groups attached to an aromatic ring is 1. The average Bonchev–Trinajstić information content (AvgIpc) is 3.38. The number of ether oxygens (including phenoxy) is 1. The number of carbonyl (C=O) groups is 1. The number of nitrogens with two attached hydrogens (primary N) is 1. The average molecular weight is 506 g/mol. The summed E-state index contributed by atoms with van der Waals surface area (Å²) in [6, 6.07) is 0.467. The number of fused-ring (bicyclic) bond motifs is 1. The number of carbonyl (C=O) groups excluding carboxylic acids is 1. The molecule has 1 aliphatic heterocycles. The number of likely N-dealkylation sites (tertiary alicyclic amines) is 1. The lowest BCUT2D eigenvalue weighted by Gasteiger charge is -2.35. The molecule has 0 bridgehead atoms. The molecule has 2 unspecified atom stereocenters. The first-order chi connectivity index (χ1) is 16.7. The van der Waals surface area contributed by atoms with Gasteiger partial charge < -0.3 is 30.2 Å². The second kappa shape index (κ2) is 12.2. The van der Waals surface area contributed by atoms with Crippen LogP contribution in [-0.4, -0.2) is 60.2 Å². The molecule has 3 heterocycles. The van der Waals surface area contributed by atoms with Gasteiger partial charge in [0.1, 0.15) is 23.4 Å². The number of piperidine rings is 1. The molecule has 4 rings (SSSR count). The van der Waals surface area contributed by atoms with Gasteiger partial charge in [-0.3, -0.25) is 0 Å². The van der Waals surface area contributed by atoms with Gasteiger partial charge in [0.15, 0.2) is 5.79 Å². The number of amides is 1. The molecule has 9 nitrogen and oxygen atoms in total. The summed E-state index contributed by atoms with van der Waals surface area (Å²) >= 11 is 0. The number of aliphatic hydroxyl groups is 2. The highest BCUT2D eigenvalue weighted by Crippen LogP contribution is 2.43. The number of anilines is 1. The van der Waals surface area contributed by atoms with Gasteiger partial charge in [0.25, 0.3) is 0 Å². The van der Waals surface area contributed by atoms with Crippen LogP contribution in [0.25, 0.3) is 11.0 Å². The van der Waals surface area contributed by atoms with Gasteiger partial charge in [-0.05, 0) is 91.0 Å². The van der Waals surface area contributed by atoms with Crippen LogP contribution in [0.2, 0.25) is 0 Å². The second-order valence-electron chi connectivity index (χ2n) is 11.2. The standard InChI is InChI=1S/C22H33N5O2.C3H8O2.C2H6/c1-14-12-27(20-18(14)19(23)24-13-25-20)17-6-5-16(11-17)15-7-9-26(10-8-15)21(28)29-22(2,3)4;1-3(2,4)5;1-2/h12-13,15-17H,5-11H2,1-4H3,(H2,23,24,25);4-5H,1-2H3;1-2H3. The Morgan fingerprint density at radius 2 is 1.61 bits per heavy atom. The van der Waals surface area contributed by atoms with Crippen LogP contribution in [0.1, 0.15) is 92.2 Å². The third kappa shape index (κ3) is 8.34. The lowest BCUT2D eigenvalue weighted by molar-refractivity contribution is -0.127. The van der Waals surface area contributed by atoms with Crippen molar-refractivity contribution >= 4 is 22.9 Å². The van der Waals surface area contributed by atoms with Gasteiger partial charge in [0.2, 0.25) is 0 Å². The predicted molar refractivity (Wildman–Crippen MR) is 143 cm³/mol. The van der Waals surface area contributed by atoms with Crippen molar-refractivity contribution in [3.63, 3.8) is 0 Å². The van der Waals surface area contributed by atoms with Crippen molar-refractivity contribution in [1.29, 1.82) is 0 Å². The van der Waals surface area contributed by atoms with Crippen LogP contribution in [0.5, 0.6) is 0 Å². The maximum Gasteiger partial charge on any atom is 0.410 e. The molecule has 2 aliphatic rings. The molecule has 1 aliphatic carbocycles. The highest BCUT2D eigenvalue weighted by atomic mass is 16.6. The van der Waals surface area contributed by atoms with Crippen LogP contribution in [0, 0.1) is 18.8 Å². The summed E-state index contributed by atoms with van der Waals surface area (Å²) < 4.78 is 7.85. The van der Waals surface area contributed by atoms with Crippen molar-refractivity contribution in [2.75, 3.05) is 18.8 Å². The summed E-state index contributed by atoms with van der Waals surface area (Å²) in [6.45, 7) is 16.0. The van der Waals surface area contributed by atoms with Gasteiger partial charge in [-0.15, -0.1) is 0 Å². The molecule has 4 N–H and O–H groups in total. The van der Waals surface area contributed by atoms with E-state index in [0.717, 1.165) is 42.5 Å². The SMILES string of the molecule is CC.CC(C)(O)O.Cc1cn(C2CCC(C3CCN(C(=O)OC(C)(C)C)CC3)C2)c2ncnc(N)c12. The largest absolute Gasteiger partial charge is 0.444 e. The Balaban J connectivity index is 0.000000583. The molecule has 2 aromatic heterocycles. The minimum absolute atomic E-state index is 0.174. The number of aromatic nitrogens is 3. The molecule has 0 radical (unpaired) electrons. The van der Waals surface area contributed by atoms with Crippen LogP contribution >= 0.6 is 0 Å². The lowest BCUT2D eigenvalue weighted by atomic mass is 9.83. The van der Waals surface area contributed by atoms with Gasteiger partial charge in [-0.1, -0.05) is 13.8 Å². The van der Waals surface area contributed by atoms with Crippen molar-refractivity contribution < 1.29 is 19.7 Å². The fourth-order valence-electron chi connectivity index (χ4n) is 5.13. The molecule has 1 saturated carbocycles. The summed E-state index contributed by atoms with van der Waals surface area (Å²) in [5.41, 5.74) is 7.75. The summed E-state index contributed by atoms with van der Waals surface area (Å²) in [4.78, 5) is 22.9. The summed E-state index contributed by atoms with van der Waals surface area (Å²) in [5.74, 6) is 0.453. The van der Waals surface area contributed by atoms with Crippen LogP contribution in [0.3, 0.4) is 0 Å². The van der Waals surface area contributed by atoms with E-state index in [0.29, 0.717) is 23.7 Å². The normalized spacial score (nSPS) is 20.9. The smallest absolute Gasteiger partial charge is 0.410 e. The van der Waals surface area contributed by atoms with E-state index in [4.69, 9.17) is 20.7 Å². The Labute approximate surface area is 216 Å². The molecule has 9 heteroatoms. The first-order valence-electron chi connectivity index (χ1n) is 13.2. The van der Waals surface area contributed by atoms with E-state index < -0.39 is 11.4 Å². The second-order valence-corrected chi connectivity index (χ2v) is 11.2. The molecule has 0 aromatic carbocycles. The van der Waals surface area contributed by atoms with E-state index in [2.05, 4.69) is 27.7 Å². The third-order valence-corrected chi connectivity index (χ3v) is 6.53. The van der Waals surface area contributed by atoms with Gasteiger partial charge in [0.05, 0.1) is 5.39 Å². The third-order valence-electron chi connectivity index (χ3n) is 6.53. The van der Waals surface area contributed by atoms with Crippen molar-refractivity contribution in [2.45, 2.75) is 105 Å². The van der Waals surface area contributed by atoms with E-state index in [1.165, 1.54) is 33.1 Å². The number of rotatable bonds is 2. The highest BCUT2D eigenvalue weighted by Gasteiger charge is 2.36. The van der Waals surface area contributed by atoms with Crippen molar-refractivity contribution in [2.24, 2.45) is 11.8 Å². The molecular formula is C27H47N5O4. The Kier molecular flexibility index (Phi) is 10.1. The number of hydrogen-bond donors (Lipinski definition) is 3. The lowest BCUT2D eigenvalue weighted by Crippen LogP contribution is -2.42. The molecular weight excluding hydrogens is 458 g/mol. The zero-order valence-corrected chi connectivity index (χ0v) is 23.4. The van der Waals surface area contributed by atoms with E-state index in [-0.39, 0.29) is 6.09 Å². The van der Waals surface area contributed by atoms with E-state index in [9.17, 15) is 4.79 Å². The molecule has 2 aromatic rings. The predicted octanol–water partition coefficient (Wildman–Crippen LogP) is 5.04. The van der Waals surface area contributed by atoms with Crippen LogP contribution < -0.4 is 5.73 Å². The Bertz CT molecular complexity index is 978. The van der Waals surface area contributed by atoms with E-state index in [1.807, 2.05) is 39.5 Å². The molecule has 2 fully saturated rings. The number of hydrogen-bond acceptors (Lipinski definition) is 7. The number of aryl methyl sites for hydroxylation is 1. The Hall–Kier alpha value is -2.39. The molecule has 0 spiro atoms. The minimum Gasteiger partial charge on any atom is -0.444 e. The molecule has 1 saturated heterocycles. The fourth-order valence-corrected chi connectivity index (χ4v) is 5.13. The summed E-state index contributed by atoms with van der Waals surface area (Å²) in [7, 11) is 0. The van der Waals surface area contributed by atoms with E-state index in [1.54, 1.807) is 6.33 Å². The number of nitrogens with zero attached hydrogens (tertiary/aromatic N) is 4. The first-order valence-corrected chi connectivity index (χ1v) is 13.2. The van der Waals surface area contributed by atoms with Gasteiger partial charge in [0, 0.05) is 25.3 Å².